The molecule has 6 heteroatoms. The fourth-order valence-electron chi connectivity index (χ4n) is 4.21. The van der Waals surface area contributed by atoms with Crippen LogP contribution in [0.4, 0.5) is 0 Å². The number of sulfonamides is 1. The molecule has 0 spiro atoms. The van der Waals surface area contributed by atoms with Gasteiger partial charge in [0.15, 0.2) is 0 Å². The van der Waals surface area contributed by atoms with E-state index in [4.69, 9.17) is 0 Å². The predicted molar refractivity (Wildman–Crippen MR) is 108 cm³/mol. The Bertz CT molecular complexity index is 699. The number of hydrogen-bond donors (Lipinski definition) is 1. The van der Waals surface area contributed by atoms with Crippen LogP contribution in [0, 0.1) is 5.92 Å². The number of carbonyl (C=O) groups is 1. The van der Waals surface area contributed by atoms with Gasteiger partial charge in [-0.1, -0.05) is 49.6 Å². The van der Waals surface area contributed by atoms with E-state index in [0.717, 1.165) is 37.7 Å². The average molecular weight is 393 g/mol. The minimum atomic E-state index is -3.30. The third-order valence-electron chi connectivity index (χ3n) is 5.81. The Morgan fingerprint density at radius 2 is 1.78 bits per heavy atom. The molecule has 3 rings (SSSR count). The van der Waals surface area contributed by atoms with E-state index in [1.807, 2.05) is 30.3 Å². The Morgan fingerprint density at radius 1 is 1.04 bits per heavy atom. The van der Waals surface area contributed by atoms with Gasteiger partial charge in [0.1, 0.15) is 0 Å². The summed E-state index contributed by atoms with van der Waals surface area (Å²) >= 11 is 0. The van der Waals surface area contributed by atoms with Crippen molar-refractivity contribution in [3.8, 4) is 0 Å². The molecule has 1 saturated heterocycles. The van der Waals surface area contributed by atoms with Gasteiger partial charge < -0.3 is 5.32 Å². The summed E-state index contributed by atoms with van der Waals surface area (Å²) in [7, 11) is -3.30. The zero-order valence-corrected chi connectivity index (χ0v) is 16.9. The Morgan fingerprint density at radius 3 is 2.52 bits per heavy atom. The van der Waals surface area contributed by atoms with Crippen LogP contribution in [-0.4, -0.2) is 43.5 Å². The lowest BCUT2D eigenvalue weighted by Crippen LogP contribution is -2.48. The number of nitrogens with zero attached hydrogens (tertiary/aromatic N) is 1. The zero-order valence-electron chi connectivity index (χ0n) is 16.1. The van der Waals surface area contributed by atoms with Gasteiger partial charge in [-0.15, -0.1) is 0 Å². The van der Waals surface area contributed by atoms with E-state index >= 15 is 0 Å². The molecule has 1 N–H and O–H groups in total. The van der Waals surface area contributed by atoms with Gasteiger partial charge in [0, 0.05) is 19.1 Å². The first-order valence-electron chi connectivity index (χ1n) is 10.4. The number of aryl methyl sites for hydroxylation is 1. The van der Waals surface area contributed by atoms with Crippen LogP contribution in [0.15, 0.2) is 30.3 Å². The first kappa shape index (κ1) is 20.3. The highest BCUT2D eigenvalue weighted by Crippen LogP contribution is 2.22. The number of amides is 1. The summed E-state index contributed by atoms with van der Waals surface area (Å²) in [5, 5.41) is 3.16. The van der Waals surface area contributed by atoms with Crippen LogP contribution in [-0.2, 0) is 21.2 Å². The minimum absolute atomic E-state index is 0.0473. The van der Waals surface area contributed by atoms with Crippen molar-refractivity contribution in [2.24, 2.45) is 5.92 Å². The average Bonchev–Trinajstić information content (AvgIpc) is 2.69. The Labute approximate surface area is 163 Å². The van der Waals surface area contributed by atoms with Crippen LogP contribution in [0.3, 0.4) is 0 Å². The third kappa shape index (κ3) is 6.04. The molecule has 1 amide bonds. The zero-order chi connectivity index (χ0) is 19.1. The molecule has 5 nitrogen and oxygen atoms in total. The Balaban J connectivity index is 1.49. The minimum Gasteiger partial charge on any atom is -0.353 e. The Kier molecular flexibility index (Phi) is 7.30. The molecular weight excluding hydrogens is 360 g/mol. The van der Waals surface area contributed by atoms with Gasteiger partial charge in [-0.25, -0.2) is 12.7 Å². The van der Waals surface area contributed by atoms with E-state index in [9.17, 15) is 13.2 Å². The van der Waals surface area contributed by atoms with E-state index in [0.29, 0.717) is 19.5 Å². The molecule has 0 bridgehead atoms. The fourth-order valence-corrected chi connectivity index (χ4v) is 5.79. The summed E-state index contributed by atoms with van der Waals surface area (Å²) < 4.78 is 27.0. The van der Waals surface area contributed by atoms with Crippen LogP contribution in [0.5, 0.6) is 0 Å². The highest BCUT2D eigenvalue weighted by molar-refractivity contribution is 7.89. The van der Waals surface area contributed by atoms with Gasteiger partial charge in [-0.2, -0.15) is 0 Å². The number of benzene rings is 1. The van der Waals surface area contributed by atoms with Crippen molar-refractivity contribution in [3.63, 3.8) is 0 Å². The van der Waals surface area contributed by atoms with Gasteiger partial charge >= 0.3 is 0 Å². The number of piperidine rings is 1. The number of carbonyl (C=O) groups excluding carboxylic acids is 1. The lowest BCUT2D eigenvalue weighted by Gasteiger charge is -2.32. The molecule has 1 aliphatic heterocycles. The largest absolute Gasteiger partial charge is 0.353 e. The van der Waals surface area contributed by atoms with Crippen LogP contribution >= 0.6 is 0 Å². The van der Waals surface area contributed by atoms with Gasteiger partial charge in [0.05, 0.1) is 11.7 Å². The number of nitrogens with one attached hydrogen (secondary N) is 1. The van der Waals surface area contributed by atoms with Crippen molar-refractivity contribution in [2.75, 3.05) is 18.8 Å². The summed E-state index contributed by atoms with van der Waals surface area (Å²) in [6.07, 6.45) is 8.65. The second-order valence-electron chi connectivity index (χ2n) is 7.95. The normalized spacial score (nSPS) is 22.4. The molecule has 0 radical (unpaired) electrons. The maximum absolute atomic E-state index is 12.7. The maximum Gasteiger partial charge on any atom is 0.224 e. The number of hydrogen-bond acceptors (Lipinski definition) is 3. The molecule has 1 atom stereocenters. The van der Waals surface area contributed by atoms with Crippen molar-refractivity contribution in [3.05, 3.63) is 35.9 Å². The molecule has 1 aliphatic carbocycles. The lowest BCUT2D eigenvalue weighted by atomic mass is 9.93. The first-order chi connectivity index (χ1) is 13.0. The second-order valence-corrected chi connectivity index (χ2v) is 10.0. The Hall–Kier alpha value is -1.40. The molecule has 2 fully saturated rings. The molecule has 1 aromatic carbocycles. The van der Waals surface area contributed by atoms with Crippen LogP contribution in [0.1, 0.15) is 56.9 Å². The summed E-state index contributed by atoms with van der Waals surface area (Å²) in [5.41, 5.74) is 1.16. The summed E-state index contributed by atoms with van der Waals surface area (Å²) in [5.74, 6) is -0.00515. The van der Waals surface area contributed by atoms with Gasteiger partial charge in [-0.3, -0.25) is 4.79 Å². The van der Waals surface area contributed by atoms with E-state index in [1.54, 1.807) is 4.31 Å². The standard InChI is InChI=1S/C21H32N2O3S/c24-21(22-20-13-5-2-6-14-20)19-12-7-15-23(17-19)27(25,26)16-8-11-18-9-3-1-4-10-18/h1,3-4,9-10,19-20H,2,5-8,11-17H2,(H,22,24)/t19-/m1/s1. The van der Waals surface area contributed by atoms with Crippen molar-refractivity contribution in [1.29, 1.82) is 0 Å². The van der Waals surface area contributed by atoms with Gasteiger partial charge in [0.25, 0.3) is 0 Å². The summed E-state index contributed by atoms with van der Waals surface area (Å²) in [4.78, 5) is 12.6. The van der Waals surface area contributed by atoms with E-state index in [1.165, 1.54) is 19.3 Å². The van der Waals surface area contributed by atoms with Gasteiger partial charge in [-0.05, 0) is 44.1 Å². The maximum atomic E-state index is 12.7. The van der Waals surface area contributed by atoms with Crippen LogP contribution in [0.25, 0.3) is 0 Å². The molecule has 0 unspecified atom stereocenters. The molecular formula is C21H32N2O3S. The molecule has 1 heterocycles. The molecule has 2 aliphatic rings. The van der Waals surface area contributed by atoms with Crippen molar-refractivity contribution in [1.82, 2.24) is 9.62 Å². The summed E-state index contributed by atoms with van der Waals surface area (Å²) in [6, 6.07) is 10.3. The molecule has 1 saturated carbocycles. The van der Waals surface area contributed by atoms with Crippen LogP contribution < -0.4 is 5.32 Å². The SMILES string of the molecule is O=C(NC1CCCCC1)[C@@H]1CCCN(S(=O)(=O)CCCc2ccccc2)C1. The third-order valence-corrected chi connectivity index (χ3v) is 7.73. The monoisotopic (exact) mass is 392 g/mol. The molecule has 0 aromatic heterocycles. The first-order valence-corrected chi connectivity index (χ1v) is 12.0. The summed E-state index contributed by atoms with van der Waals surface area (Å²) in [6.45, 7) is 0.882. The van der Waals surface area contributed by atoms with E-state index in [2.05, 4.69) is 5.32 Å². The molecule has 1 aromatic rings. The predicted octanol–water partition coefficient (Wildman–Crippen LogP) is 3.11. The quantitative estimate of drug-likeness (QED) is 0.775. The van der Waals surface area contributed by atoms with Crippen molar-refractivity contribution < 1.29 is 13.2 Å². The van der Waals surface area contributed by atoms with Crippen molar-refractivity contribution in [2.45, 2.75) is 63.8 Å². The second kappa shape index (κ2) is 9.69. The number of rotatable bonds is 7. The fraction of sp³-hybridized carbons (Fsp3) is 0.667. The van der Waals surface area contributed by atoms with E-state index < -0.39 is 10.0 Å². The highest BCUT2D eigenvalue weighted by Gasteiger charge is 2.32. The highest BCUT2D eigenvalue weighted by atomic mass is 32.2. The van der Waals surface area contributed by atoms with Crippen LogP contribution in [0.2, 0.25) is 0 Å². The van der Waals surface area contributed by atoms with Crippen molar-refractivity contribution >= 4 is 15.9 Å². The smallest absolute Gasteiger partial charge is 0.224 e. The topological polar surface area (TPSA) is 66.5 Å². The van der Waals surface area contributed by atoms with E-state index in [-0.39, 0.29) is 23.6 Å². The molecule has 150 valence electrons. The lowest BCUT2D eigenvalue weighted by molar-refractivity contribution is -0.127. The molecule has 27 heavy (non-hydrogen) atoms. The van der Waals surface area contributed by atoms with Gasteiger partial charge in [0.2, 0.25) is 15.9 Å².